The molecule has 27 heavy (non-hydrogen) atoms. The van der Waals surface area contributed by atoms with Crippen molar-refractivity contribution in [2.75, 3.05) is 0 Å². The Kier molecular flexibility index (Phi) is 8.72. The van der Waals surface area contributed by atoms with Gasteiger partial charge in [0.05, 0.1) is 0 Å². The summed E-state index contributed by atoms with van der Waals surface area (Å²) in [6.45, 7) is 5.37. The molecule has 2 atom stereocenters. The van der Waals surface area contributed by atoms with Gasteiger partial charge in [-0.15, -0.1) is 0 Å². The number of rotatable bonds is 9. The first-order valence-electron chi connectivity index (χ1n) is 8.81. The maximum Gasteiger partial charge on any atom is 0.244 e. The van der Waals surface area contributed by atoms with Crippen LogP contribution in [0.2, 0.25) is 5.02 Å². The number of nitrogens with two attached hydrogens (primary N) is 1. The largest absolute Gasteiger partial charge is 0.368 e. The van der Waals surface area contributed by atoms with Crippen LogP contribution in [-0.2, 0) is 20.8 Å². The third-order valence-electron chi connectivity index (χ3n) is 4.30. The molecule has 8 heteroatoms. The fourth-order valence-corrected chi connectivity index (χ4v) is 2.90. The van der Waals surface area contributed by atoms with Gasteiger partial charge in [-0.3, -0.25) is 19.6 Å². The number of hydrogen-bond acceptors (Lipinski definition) is 4. The predicted molar refractivity (Wildman–Crippen MR) is 103 cm³/mol. The lowest BCUT2D eigenvalue weighted by Crippen LogP contribution is -2.53. The first-order valence-corrected chi connectivity index (χ1v) is 9.19. The Morgan fingerprint density at radius 1 is 1.19 bits per heavy atom. The molecule has 0 saturated carbocycles. The monoisotopic (exact) mass is 397 g/mol. The summed E-state index contributed by atoms with van der Waals surface area (Å²) in [4.78, 5) is 35.9. The quantitative estimate of drug-likeness (QED) is 0.377. The van der Waals surface area contributed by atoms with E-state index in [1.165, 1.54) is 0 Å². The van der Waals surface area contributed by atoms with Crippen molar-refractivity contribution in [2.45, 2.75) is 52.5 Å². The molecule has 0 aliphatic rings. The summed E-state index contributed by atoms with van der Waals surface area (Å²) in [5.41, 5.74) is 7.45. The van der Waals surface area contributed by atoms with Crippen LogP contribution in [0.4, 0.5) is 0 Å². The van der Waals surface area contributed by atoms with Gasteiger partial charge in [-0.25, -0.2) is 5.48 Å². The van der Waals surface area contributed by atoms with Crippen LogP contribution in [-0.4, -0.2) is 29.0 Å². The van der Waals surface area contributed by atoms with E-state index in [0.29, 0.717) is 24.3 Å². The number of amides is 3. The summed E-state index contributed by atoms with van der Waals surface area (Å²) < 4.78 is 0. The molecule has 5 N–H and O–H groups in total. The molecule has 1 aromatic rings. The van der Waals surface area contributed by atoms with Crippen LogP contribution in [0.5, 0.6) is 0 Å². The van der Waals surface area contributed by atoms with E-state index in [4.69, 9.17) is 22.5 Å². The molecule has 0 spiro atoms. The predicted octanol–water partition coefficient (Wildman–Crippen LogP) is 2.19. The minimum absolute atomic E-state index is 0.182. The standard InChI is InChI=1S/C19H28ClN3O4/c1-19(2,3)16(17(21)25)22-18(26)13(11-15(24)23-27)6-4-5-12-7-9-14(20)10-8-12/h7-10,13,16,27H,4-6,11H2,1-3H3,(H2,21,25)(H,22,26)(H,23,24)/t13-,16-/m1/s1. The number of hydroxylamine groups is 1. The molecule has 0 unspecified atom stereocenters. The van der Waals surface area contributed by atoms with Crippen LogP contribution in [0.25, 0.3) is 0 Å². The van der Waals surface area contributed by atoms with E-state index in [2.05, 4.69) is 5.32 Å². The molecule has 0 aliphatic carbocycles. The Labute approximate surface area is 164 Å². The van der Waals surface area contributed by atoms with Crippen LogP contribution in [0.1, 0.15) is 45.6 Å². The average Bonchev–Trinajstić information content (AvgIpc) is 2.58. The van der Waals surface area contributed by atoms with Crippen molar-refractivity contribution in [3.8, 4) is 0 Å². The number of primary amides is 1. The van der Waals surface area contributed by atoms with Gasteiger partial charge in [0.15, 0.2) is 0 Å². The van der Waals surface area contributed by atoms with Crippen LogP contribution >= 0.6 is 11.6 Å². The number of hydrogen-bond donors (Lipinski definition) is 4. The van der Waals surface area contributed by atoms with E-state index in [1.54, 1.807) is 38.4 Å². The zero-order valence-electron chi connectivity index (χ0n) is 15.9. The molecule has 0 aromatic heterocycles. The van der Waals surface area contributed by atoms with Gasteiger partial charge >= 0.3 is 0 Å². The third-order valence-corrected chi connectivity index (χ3v) is 4.55. The van der Waals surface area contributed by atoms with E-state index in [0.717, 1.165) is 5.56 Å². The van der Waals surface area contributed by atoms with E-state index < -0.39 is 35.1 Å². The summed E-state index contributed by atoms with van der Waals surface area (Å²) in [6, 6.07) is 6.53. The van der Waals surface area contributed by atoms with Crippen molar-refractivity contribution < 1.29 is 19.6 Å². The first-order chi connectivity index (χ1) is 12.5. The highest BCUT2D eigenvalue weighted by atomic mass is 35.5. The molecule has 0 heterocycles. The van der Waals surface area contributed by atoms with Crippen LogP contribution in [0, 0.1) is 11.3 Å². The smallest absolute Gasteiger partial charge is 0.244 e. The Hall–Kier alpha value is -2.12. The minimum Gasteiger partial charge on any atom is -0.368 e. The molecule has 0 aliphatic heterocycles. The second-order valence-corrected chi connectivity index (χ2v) is 8.10. The average molecular weight is 398 g/mol. The molecular weight excluding hydrogens is 370 g/mol. The van der Waals surface area contributed by atoms with Crippen LogP contribution in [0.3, 0.4) is 0 Å². The van der Waals surface area contributed by atoms with Crippen molar-refractivity contribution in [1.82, 2.24) is 10.8 Å². The number of carbonyl (C=O) groups excluding carboxylic acids is 3. The summed E-state index contributed by atoms with van der Waals surface area (Å²) in [7, 11) is 0. The van der Waals surface area contributed by atoms with Gasteiger partial charge in [0.25, 0.3) is 0 Å². The van der Waals surface area contributed by atoms with Crippen LogP contribution in [0.15, 0.2) is 24.3 Å². The lowest BCUT2D eigenvalue weighted by molar-refractivity contribution is -0.136. The lowest BCUT2D eigenvalue weighted by atomic mass is 9.85. The maximum atomic E-state index is 12.6. The van der Waals surface area contributed by atoms with E-state index in [1.807, 2.05) is 12.1 Å². The summed E-state index contributed by atoms with van der Waals surface area (Å²) in [5, 5.41) is 12.1. The Morgan fingerprint density at radius 3 is 2.26 bits per heavy atom. The maximum absolute atomic E-state index is 12.6. The van der Waals surface area contributed by atoms with Gasteiger partial charge in [0, 0.05) is 17.4 Å². The van der Waals surface area contributed by atoms with E-state index in [-0.39, 0.29) is 6.42 Å². The van der Waals surface area contributed by atoms with Crippen molar-refractivity contribution in [3.05, 3.63) is 34.9 Å². The number of carbonyl (C=O) groups is 3. The molecule has 1 rings (SSSR count). The molecule has 150 valence electrons. The van der Waals surface area contributed by atoms with Gasteiger partial charge in [-0.2, -0.15) is 0 Å². The van der Waals surface area contributed by atoms with Gasteiger partial charge in [0.1, 0.15) is 6.04 Å². The Morgan fingerprint density at radius 2 is 1.78 bits per heavy atom. The molecule has 1 aromatic carbocycles. The zero-order valence-corrected chi connectivity index (χ0v) is 16.7. The number of halogens is 1. The fraction of sp³-hybridized carbons (Fsp3) is 0.526. The topological polar surface area (TPSA) is 122 Å². The fourth-order valence-electron chi connectivity index (χ4n) is 2.77. The molecule has 0 saturated heterocycles. The molecular formula is C19H28ClN3O4. The first kappa shape index (κ1) is 22.9. The normalized spacial score (nSPS) is 13.5. The summed E-state index contributed by atoms with van der Waals surface area (Å²) >= 11 is 5.86. The number of aryl methyl sites for hydroxylation is 1. The molecule has 7 nitrogen and oxygen atoms in total. The Bertz CT molecular complexity index is 656. The SMILES string of the molecule is CC(C)(C)[C@H](NC(=O)[C@H](CCCc1ccc(Cl)cc1)CC(=O)NO)C(N)=O. The molecule has 3 amide bonds. The Balaban J connectivity index is 2.76. The zero-order chi connectivity index (χ0) is 20.6. The molecule has 0 fully saturated rings. The highest BCUT2D eigenvalue weighted by Crippen LogP contribution is 2.21. The second-order valence-electron chi connectivity index (χ2n) is 7.66. The lowest BCUT2D eigenvalue weighted by Gasteiger charge is -2.30. The van der Waals surface area contributed by atoms with Gasteiger partial charge in [-0.1, -0.05) is 44.5 Å². The minimum atomic E-state index is -0.860. The van der Waals surface area contributed by atoms with Crippen molar-refractivity contribution in [1.29, 1.82) is 0 Å². The number of nitrogens with one attached hydrogen (secondary N) is 2. The summed E-state index contributed by atoms with van der Waals surface area (Å²) in [5.74, 6) is -2.42. The second kappa shape index (κ2) is 10.3. The van der Waals surface area contributed by atoms with Crippen molar-refractivity contribution in [3.63, 3.8) is 0 Å². The van der Waals surface area contributed by atoms with E-state index in [9.17, 15) is 14.4 Å². The van der Waals surface area contributed by atoms with Gasteiger partial charge < -0.3 is 11.1 Å². The highest BCUT2D eigenvalue weighted by Gasteiger charge is 2.33. The van der Waals surface area contributed by atoms with Gasteiger partial charge in [0.2, 0.25) is 17.7 Å². The number of benzene rings is 1. The molecule has 0 bridgehead atoms. The summed E-state index contributed by atoms with van der Waals surface area (Å²) in [6.07, 6.45) is 1.59. The van der Waals surface area contributed by atoms with Gasteiger partial charge in [-0.05, 0) is 42.4 Å². The van der Waals surface area contributed by atoms with Crippen molar-refractivity contribution in [2.24, 2.45) is 17.1 Å². The third kappa shape index (κ3) is 7.97. The highest BCUT2D eigenvalue weighted by molar-refractivity contribution is 6.30. The van der Waals surface area contributed by atoms with Crippen molar-refractivity contribution >= 4 is 29.3 Å². The molecule has 0 radical (unpaired) electrons. The van der Waals surface area contributed by atoms with Crippen LogP contribution < -0.4 is 16.5 Å². The van der Waals surface area contributed by atoms with E-state index >= 15 is 0 Å².